The molecule has 1 saturated carbocycles. The van der Waals surface area contributed by atoms with Crippen molar-refractivity contribution in [3.63, 3.8) is 0 Å². The number of ether oxygens (including phenoxy) is 1. The van der Waals surface area contributed by atoms with Crippen molar-refractivity contribution in [1.29, 1.82) is 0 Å². The molecule has 5 nitrogen and oxygen atoms in total. The lowest BCUT2D eigenvalue weighted by molar-refractivity contribution is -0.138. The predicted octanol–water partition coefficient (Wildman–Crippen LogP) is 3.79. The van der Waals surface area contributed by atoms with Crippen LogP contribution in [-0.2, 0) is 4.79 Å². The summed E-state index contributed by atoms with van der Waals surface area (Å²) in [6.45, 7) is 1.20. The summed E-state index contributed by atoms with van der Waals surface area (Å²) in [5.41, 5.74) is 0.449. The molecule has 0 amide bonds. The van der Waals surface area contributed by atoms with Crippen molar-refractivity contribution in [1.82, 2.24) is 4.98 Å². The summed E-state index contributed by atoms with van der Waals surface area (Å²) in [5.74, 6) is -4.88. The molecular formula is C19H20F2N2O3. The molecule has 0 radical (unpaired) electrons. The van der Waals surface area contributed by atoms with Crippen molar-refractivity contribution in [3.8, 4) is 5.75 Å². The number of aromatic nitrogens is 1. The van der Waals surface area contributed by atoms with E-state index in [2.05, 4.69) is 10.3 Å². The first-order valence-electron chi connectivity index (χ1n) is 8.46. The number of nitrogens with zero attached hydrogens (tertiary/aromatic N) is 1. The van der Waals surface area contributed by atoms with Crippen LogP contribution in [0.2, 0.25) is 0 Å². The molecule has 1 heterocycles. The number of pyridine rings is 1. The average Bonchev–Trinajstić information content (AvgIpc) is 3.15. The van der Waals surface area contributed by atoms with Crippen molar-refractivity contribution < 1.29 is 23.4 Å². The quantitative estimate of drug-likeness (QED) is 0.664. The number of anilines is 1. The zero-order valence-electron chi connectivity index (χ0n) is 14.1. The van der Waals surface area contributed by atoms with Crippen LogP contribution in [0.4, 0.5) is 14.6 Å². The minimum absolute atomic E-state index is 0.449. The van der Waals surface area contributed by atoms with Crippen LogP contribution in [0.15, 0.2) is 48.7 Å². The molecule has 2 N–H and O–H groups in total. The maximum absolute atomic E-state index is 13.7. The molecule has 1 fully saturated rings. The molecule has 2 unspecified atom stereocenters. The number of hydrogen-bond acceptors (Lipinski definition) is 4. The van der Waals surface area contributed by atoms with Crippen molar-refractivity contribution in [2.75, 3.05) is 18.5 Å². The van der Waals surface area contributed by atoms with Gasteiger partial charge in [-0.1, -0.05) is 18.2 Å². The van der Waals surface area contributed by atoms with Crippen LogP contribution in [0.3, 0.4) is 0 Å². The molecule has 0 aliphatic heterocycles. The Hall–Kier alpha value is -2.70. The van der Waals surface area contributed by atoms with Crippen LogP contribution >= 0.6 is 0 Å². The number of aliphatic carboxylic acids is 1. The fourth-order valence-electron chi connectivity index (χ4n) is 3.00. The SMILES string of the molecule is O=C(O)CC1C(c2ccc(OCCCNc3ccccn3)cc2)C1(F)F. The third kappa shape index (κ3) is 4.28. The van der Waals surface area contributed by atoms with Gasteiger partial charge < -0.3 is 15.2 Å². The molecule has 1 aromatic heterocycles. The number of rotatable bonds is 9. The van der Waals surface area contributed by atoms with Gasteiger partial charge in [-0.25, -0.2) is 13.8 Å². The van der Waals surface area contributed by atoms with Gasteiger partial charge in [0.1, 0.15) is 11.6 Å². The third-order valence-corrected chi connectivity index (χ3v) is 4.40. The van der Waals surface area contributed by atoms with E-state index < -0.39 is 30.1 Å². The number of alkyl halides is 2. The Morgan fingerprint density at radius 3 is 2.65 bits per heavy atom. The molecule has 2 aromatic rings. The molecule has 2 atom stereocenters. The van der Waals surface area contributed by atoms with Gasteiger partial charge in [0, 0.05) is 18.7 Å². The summed E-state index contributed by atoms with van der Waals surface area (Å²) < 4.78 is 33.1. The monoisotopic (exact) mass is 362 g/mol. The van der Waals surface area contributed by atoms with Crippen molar-refractivity contribution >= 4 is 11.8 Å². The number of carbonyl (C=O) groups is 1. The second-order valence-corrected chi connectivity index (χ2v) is 6.27. The molecule has 138 valence electrons. The van der Waals surface area contributed by atoms with Crippen LogP contribution in [0, 0.1) is 5.92 Å². The van der Waals surface area contributed by atoms with E-state index in [4.69, 9.17) is 9.84 Å². The highest BCUT2D eigenvalue weighted by atomic mass is 19.3. The Bertz CT molecular complexity index is 738. The highest BCUT2D eigenvalue weighted by molar-refractivity contribution is 5.68. The van der Waals surface area contributed by atoms with Gasteiger partial charge in [-0.15, -0.1) is 0 Å². The lowest BCUT2D eigenvalue weighted by atomic mass is 10.1. The van der Waals surface area contributed by atoms with E-state index in [0.29, 0.717) is 24.5 Å². The van der Waals surface area contributed by atoms with Gasteiger partial charge in [0.2, 0.25) is 0 Å². The molecule has 0 saturated heterocycles. The summed E-state index contributed by atoms with van der Waals surface area (Å²) >= 11 is 0. The first-order chi connectivity index (χ1) is 12.5. The highest BCUT2D eigenvalue weighted by Crippen LogP contribution is 2.63. The lowest BCUT2D eigenvalue weighted by Gasteiger charge is -2.08. The topological polar surface area (TPSA) is 71.5 Å². The van der Waals surface area contributed by atoms with Crippen LogP contribution in [0.1, 0.15) is 24.3 Å². The van der Waals surface area contributed by atoms with Crippen LogP contribution in [-0.4, -0.2) is 35.1 Å². The van der Waals surface area contributed by atoms with E-state index in [-0.39, 0.29) is 0 Å². The number of hydrogen-bond donors (Lipinski definition) is 2. The van der Waals surface area contributed by atoms with Crippen molar-refractivity contribution in [2.45, 2.75) is 24.7 Å². The summed E-state index contributed by atoms with van der Waals surface area (Å²) in [5, 5.41) is 11.9. The minimum Gasteiger partial charge on any atom is -0.494 e. The zero-order chi connectivity index (χ0) is 18.6. The number of carboxylic acid groups (broad SMARTS) is 1. The van der Waals surface area contributed by atoms with Gasteiger partial charge in [0.25, 0.3) is 5.92 Å². The van der Waals surface area contributed by atoms with E-state index in [1.165, 1.54) is 0 Å². The molecule has 1 aliphatic carbocycles. The number of benzene rings is 1. The zero-order valence-corrected chi connectivity index (χ0v) is 14.1. The van der Waals surface area contributed by atoms with E-state index in [0.717, 1.165) is 12.2 Å². The van der Waals surface area contributed by atoms with Crippen molar-refractivity contribution in [2.24, 2.45) is 5.92 Å². The minimum atomic E-state index is -2.95. The fraction of sp³-hybridized carbons (Fsp3) is 0.368. The Balaban J connectivity index is 1.43. The predicted molar refractivity (Wildman–Crippen MR) is 92.7 cm³/mol. The van der Waals surface area contributed by atoms with Gasteiger partial charge in [-0.2, -0.15) is 0 Å². The largest absolute Gasteiger partial charge is 0.494 e. The summed E-state index contributed by atoms with van der Waals surface area (Å²) in [7, 11) is 0. The van der Waals surface area contributed by atoms with E-state index >= 15 is 0 Å². The van der Waals surface area contributed by atoms with Crippen LogP contribution < -0.4 is 10.1 Å². The molecule has 1 aromatic carbocycles. The maximum Gasteiger partial charge on any atom is 0.303 e. The number of nitrogens with one attached hydrogen (secondary N) is 1. The number of carboxylic acids is 1. The van der Waals surface area contributed by atoms with Gasteiger partial charge in [0.15, 0.2) is 0 Å². The fourth-order valence-corrected chi connectivity index (χ4v) is 3.00. The smallest absolute Gasteiger partial charge is 0.303 e. The first-order valence-corrected chi connectivity index (χ1v) is 8.46. The summed E-state index contributed by atoms with van der Waals surface area (Å²) in [6, 6.07) is 12.1. The van der Waals surface area contributed by atoms with Gasteiger partial charge >= 0.3 is 5.97 Å². The highest BCUT2D eigenvalue weighted by Gasteiger charge is 2.68. The Labute approximate surface area is 150 Å². The van der Waals surface area contributed by atoms with Crippen molar-refractivity contribution in [3.05, 3.63) is 54.2 Å². The Morgan fingerprint density at radius 1 is 1.23 bits per heavy atom. The van der Waals surface area contributed by atoms with E-state index in [1.54, 1.807) is 30.5 Å². The van der Waals surface area contributed by atoms with Gasteiger partial charge in [-0.3, -0.25) is 4.79 Å². The Kier molecular flexibility index (Phi) is 5.35. The second-order valence-electron chi connectivity index (χ2n) is 6.27. The van der Waals surface area contributed by atoms with Gasteiger partial charge in [-0.05, 0) is 36.2 Å². The third-order valence-electron chi connectivity index (χ3n) is 4.40. The molecule has 0 bridgehead atoms. The molecule has 1 aliphatic rings. The second kappa shape index (κ2) is 7.68. The summed E-state index contributed by atoms with van der Waals surface area (Å²) in [4.78, 5) is 14.8. The van der Waals surface area contributed by atoms with E-state index in [9.17, 15) is 13.6 Å². The maximum atomic E-state index is 13.7. The molecular weight excluding hydrogens is 342 g/mol. The van der Waals surface area contributed by atoms with Gasteiger partial charge in [0.05, 0.1) is 18.9 Å². The molecule has 26 heavy (non-hydrogen) atoms. The Morgan fingerprint density at radius 2 is 2.00 bits per heavy atom. The average molecular weight is 362 g/mol. The van der Waals surface area contributed by atoms with Crippen LogP contribution in [0.25, 0.3) is 0 Å². The number of halogens is 2. The molecule has 3 rings (SSSR count). The standard InChI is InChI=1S/C19H20F2N2O3/c20-19(21)15(12-17(24)25)18(19)13-5-7-14(8-6-13)26-11-3-10-23-16-4-1-2-9-22-16/h1-2,4-9,15,18H,3,10-12H2,(H,22,23)(H,24,25). The lowest BCUT2D eigenvalue weighted by Crippen LogP contribution is -2.08. The molecule has 0 spiro atoms. The molecule has 7 heteroatoms. The summed E-state index contributed by atoms with van der Waals surface area (Å²) in [6.07, 6.45) is 1.96. The van der Waals surface area contributed by atoms with Crippen LogP contribution in [0.5, 0.6) is 5.75 Å². The first kappa shape index (κ1) is 18.1. The van der Waals surface area contributed by atoms with E-state index in [1.807, 2.05) is 18.2 Å². The normalized spacial score (nSPS) is 20.4.